The molecule has 0 saturated heterocycles. The zero-order valence-corrected chi connectivity index (χ0v) is 17.6. The van der Waals surface area contributed by atoms with Crippen LogP contribution in [0.5, 0.6) is 5.75 Å². The van der Waals surface area contributed by atoms with Gasteiger partial charge in [-0.2, -0.15) is 0 Å². The van der Waals surface area contributed by atoms with Crippen LogP contribution >= 0.6 is 0 Å². The first-order valence-corrected chi connectivity index (χ1v) is 9.65. The van der Waals surface area contributed by atoms with Crippen LogP contribution in [0.3, 0.4) is 0 Å². The monoisotopic (exact) mass is 393 g/mol. The van der Waals surface area contributed by atoms with E-state index in [4.69, 9.17) is 14.0 Å². The third-order valence-electron chi connectivity index (χ3n) is 4.82. The fourth-order valence-corrected chi connectivity index (χ4v) is 2.91. The van der Waals surface area contributed by atoms with E-state index >= 15 is 0 Å². The first-order chi connectivity index (χ1) is 13.7. The second kappa shape index (κ2) is 8.52. The minimum atomic E-state index is -0.382. The highest BCUT2D eigenvalue weighted by atomic mass is 16.5. The maximum Gasteiger partial charge on any atom is 0.338 e. The average Bonchev–Trinajstić information content (AvgIpc) is 3.02. The molecule has 0 aliphatic rings. The molecule has 29 heavy (non-hydrogen) atoms. The van der Waals surface area contributed by atoms with Crippen LogP contribution < -0.4 is 4.74 Å². The van der Waals surface area contributed by atoms with Crippen LogP contribution in [-0.2, 0) is 23.4 Å². The summed E-state index contributed by atoms with van der Waals surface area (Å²) in [6, 6.07) is 15.1. The van der Waals surface area contributed by atoms with Crippen molar-refractivity contribution >= 4 is 5.97 Å². The van der Waals surface area contributed by atoms with Gasteiger partial charge in [0.1, 0.15) is 24.7 Å². The largest absolute Gasteiger partial charge is 0.489 e. The van der Waals surface area contributed by atoms with Gasteiger partial charge < -0.3 is 14.0 Å². The van der Waals surface area contributed by atoms with Crippen LogP contribution in [0.15, 0.2) is 53.1 Å². The van der Waals surface area contributed by atoms with E-state index in [0.717, 1.165) is 22.6 Å². The minimum Gasteiger partial charge on any atom is -0.489 e. The van der Waals surface area contributed by atoms with E-state index in [-0.39, 0.29) is 18.0 Å². The van der Waals surface area contributed by atoms with E-state index in [0.29, 0.717) is 17.9 Å². The predicted molar refractivity (Wildman–Crippen MR) is 111 cm³/mol. The van der Waals surface area contributed by atoms with Gasteiger partial charge in [0, 0.05) is 0 Å². The van der Waals surface area contributed by atoms with E-state index in [1.165, 1.54) is 5.56 Å². The second-order valence-corrected chi connectivity index (χ2v) is 8.14. The molecule has 0 saturated carbocycles. The number of aryl methyl sites for hydroxylation is 2. The Kier molecular flexibility index (Phi) is 6.06. The second-order valence-electron chi connectivity index (χ2n) is 8.14. The fourth-order valence-electron chi connectivity index (χ4n) is 2.91. The number of hydrogen-bond donors (Lipinski definition) is 0. The topological polar surface area (TPSA) is 61.6 Å². The van der Waals surface area contributed by atoms with E-state index in [1.54, 1.807) is 24.3 Å². The molecule has 0 atom stereocenters. The van der Waals surface area contributed by atoms with Crippen LogP contribution in [0.25, 0.3) is 0 Å². The number of ether oxygens (including phenoxy) is 2. The van der Waals surface area contributed by atoms with Gasteiger partial charge >= 0.3 is 5.97 Å². The highest BCUT2D eigenvalue weighted by molar-refractivity contribution is 5.89. The van der Waals surface area contributed by atoms with Crippen molar-refractivity contribution < 1.29 is 18.8 Å². The van der Waals surface area contributed by atoms with Crippen molar-refractivity contribution in [1.29, 1.82) is 0 Å². The summed E-state index contributed by atoms with van der Waals surface area (Å²) in [5.74, 6) is 0.942. The molecule has 3 rings (SSSR count). The summed E-state index contributed by atoms with van der Waals surface area (Å²) in [6.45, 7) is 10.8. The molecule has 1 aromatic heterocycles. The lowest BCUT2D eigenvalue weighted by Gasteiger charge is -2.19. The summed E-state index contributed by atoms with van der Waals surface area (Å²) in [5.41, 5.74) is 4.46. The Hall–Kier alpha value is -3.08. The summed E-state index contributed by atoms with van der Waals surface area (Å²) in [7, 11) is 0. The van der Waals surface area contributed by atoms with Crippen LogP contribution in [0.2, 0.25) is 0 Å². The lowest BCUT2D eigenvalue weighted by atomic mass is 9.87. The first-order valence-electron chi connectivity index (χ1n) is 9.65. The van der Waals surface area contributed by atoms with Crippen molar-refractivity contribution in [3.63, 3.8) is 0 Å². The fraction of sp³-hybridized carbons (Fsp3) is 0.333. The van der Waals surface area contributed by atoms with Crippen molar-refractivity contribution in [3.05, 3.63) is 82.2 Å². The molecule has 0 spiro atoms. The van der Waals surface area contributed by atoms with E-state index in [1.807, 2.05) is 26.0 Å². The van der Waals surface area contributed by atoms with Crippen LogP contribution in [-0.4, -0.2) is 11.1 Å². The van der Waals surface area contributed by atoms with Gasteiger partial charge in [0.25, 0.3) is 0 Å². The molecule has 152 valence electrons. The van der Waals surface area contributed by atoms with E-state index in [2.05, 4.69) is 38.1 Å². The lowest BCUT2D eigenvalue weighted by Crippen LogP contribution is -2.11. The normalized spacial score (nSPS) is 11.3. The van der Waals surface area contributed by atoms with Gasteiger partial charge in [-0.25, -0.2) is 4.79 Å². The van der Waals surface area contributed by atoms with E-state index < -0.39 is 0 Å². The third kappa shape index (κ3) is 5.25. The summed E-state index contributed by atoms with van der Waals surface area (Å²) in [5, 5.41) is 3.92. The smallest absolute Gasteiger partial charge is 0.338 e. The van der Waals surface area contributed by atoms with Gasteiger partial charge in [-0.3, -0.25) is 0 Å². The Labute approximate surface area is 171 Å². The Morgan fingerprint density at radius 1 is 1.03 bits per heavy atom. The highest BCUT2D eigenvalue weighted by Gasteiger charge is 2.14. The van der Waals surface area contributed by atoms with E-state index in [9.17, 15) is 4.79 Å². The van der Waals surface area contributed by atoms with Crippen molar-refractivity contribution in [2.45, 2.75) is 53.2 Å². The van der Waals surface area contributed by atoms with Crippen molar-refractivity contribution in [3.8, 4) is 5.75 Å². The molecule has 5 heteroatoms. The molecule has 0 aliphatic heterocycles. The Bertz CT molecular complexity index is 961. The molecule has 0 aliphatic carbocycles. The molecule has 0 amide bonds. The number of hydrogen-bond acceptors (Lipinski definition) is 5. The van der Waals surface area contributed by atoms with Gasteiger partial charge in [0.05, 0.1) is 16.8 Å². The highest BCUT2D eigenvalue weighted by Crippen LogP contribution is 2.23. The number of esters is 1. The van der Waals surface area contributed by atoms with Gasteiger partial charge in [-0.15, -0.1) is 0 Å². The number of benzene rings is 2. The first kappa shape index (κ1) is 20.6. The zero-order valence-electron chi connectivity index (χ0n) is 17.6. The maximum atomic E-state index is 12.4. The number of carbonyl (C=O) groups is 1. The van der Waals surface area contributed by atoms with Crippen LogP contribution in [0.4, 0.5) is 0 Å². The van der Waals surface area contributed by atoms with Gasteiger partial charge in [-0.05, 0) is 48.6 Å². The van der Waals surface area contributed by atoms with Gasteiger partial charge in [-0.1, -0.05) is 56.3 Å². The molecule has 0 radical (unpaired) electrons. The summed E-state index contributed by atoms with van der Waals surface area (Å²) < 4.78 is 16.4. The zero-order chi connectivity index (χ0) is 21.0. The molecule has 0 unspecified atom stereocenters. The molecular weight excluding hydrogens is 366 g/mol. The summed E-state index contributed by atoms with van der Waals surface area (Å²) in [4.78, 5) is 12.4. The molecule has 0 N–H and O–H groups in total. The molecule has 3 aromatic rings. The number of carbonyl (C=O) groups excluding carboxylic acids is 1. The molecule has 0 bridgehead atoms. The molecular formula is C24H27NO4. The standard InChI is InChI=1S/C24H27NO4/c1-16-22(17(2)29-25-16)15-27-21-8-6-7-19(13-21)23(26)28-14-18-9-11-20(12-10-18)24(3,4)5/h6-13H,14-15H2,1-5H3. The Morgan fingerprint density at radius 3 is 2.38 bits per heavy atom. The average molecular weight is 393 g/mol. The summed E-state index contributed by atoms with van der Waals surface area (Å²) >= 11 is 0. The van der Waals surface area contributed by atoms with Crippen LogP contribution in [0, 0.1) is 13.8 Å². The van der Waals surface area contributed by atoms with Crippen LogP contribution in [0.1, 0.15) is 59.3 Å². The quantitative estimate of drug-likeness (QED) is 0.516. The maximum absolute atomic E-state index is 12.4. The molecule has 2 aromatic carbocycles. The number of nitrogens with zero attached hydrogens (tertiary/aromatic N) is 1. The third-order valence-corrected chi connectivity index (χ3v) is 4.82. The minimum absolute atomic E-state index is 0.0965. The van der Waals surface area contributed by atoms with Crippen molar-refractivity contribution in [2.75, 3.05) is 0 Å². The predicted octanol–water partition coefficient (Wildman–Crippen LogP) is 5.52. The van der Waals surface area contributed by atoms with Crippen molar-refractivity contribution in [1.82, 2.24) is 5.16 Å². The van der Waals surface area contributed by atoms with Gasteiger partial charge in [0.15, 0.2) is 0 Å². The molecule has 5 nitrogen and oxygen atoms in total. The van der Waals surface area contributed by atoms with Crippen molar-refractivity contribution in [2.24, 2.45) is 0 Å². The number of aromatic nitrogens is 1. The SMILES string of the molecule is Cc1noc(C)c1COc1cccc(C(=O)OCc2ccc(C(C)(C)C)cc2)c1. The Morgan fingerprint density at radius 2 is 1.76 bits per heavy atom. The van der Waals surface area contributed by atoms with Gasteiger partial charge in [0.2, 0.25) is 0 Å². The molecule has 0 fully saturated rings. The number of rotatable bonds is 6. The summed E-state index contributed by atoms with van der Waals surface area (Å²) in [6.07, 6.45) is 0. The Balaban J connectivity index is 1.59. The lowest BCUT2D eigenvalue weighted by molar-refractivity contribution is 0.0472. The molecule has 1 heterocycles.